The molecule has 120 valence electrons. The van der Waals surface area contributed by atoms with Gasteiger partial charge in [0.1, 0.15) is 5.58 Å². The summed E-state index contributed by atoms with van der Waals surface area (Å²) < 4.78 is 5.89. The third-order valence-electron chi connectivity index (χ3n) is 4.55. The number of fused-ring (bicyclic) bond motifs is 1. The SMILES string of the molecule is CNC1CCN(C(=O)c2oc3c(C)cccc3c2C)CC1.Cl. The molecular weight excluding hydrogens is 300 g/mol. The summed E-state index contributed by atoms with van der Waals surface area (Å²) in [6, 6.07) is 6.56. The predicted octanol–water partition coefficient (Wildman–Crippen LogP) is 3.30. The molecule has 1 aromatic carbocycles. The summed E-state index contributed by atoms with van der Waals surface area (Å²) in [7, 11) is 1.98. The van der Waals surface area contributed by atoms with Crippen LogP contribution in [0.1, 0.15) is 34.5 Å². The Kier molecular flexibility index (Phi) is 5.14. The molecule has 1 aliphatic heterocycles. The largest absolute Gasteiger partial charge is 0.450 e. The molecule has 0 saturated carbocycles. The van der Waals surface area contributed by atoms with Crippen molar-refractivity contribution in [2.75, 3.05) is 20.1 Å². The van der Waals surface area contributed by atoms with Gasteiger partial charge in [-0.2, -0.15) is 0 Å². The zero-order chi connectivity index (χ0) is 15.0. The van der Waals surface area contributed by atoms with Gasteiger partial charge >= 0.3 is 0 Å². The molecule has 0 atom stereocenters. The number of halogens is 1. The lowest BCUT2D eigenvalue weighted by Gasteiger charge is -2.31. The van der Waals surface area contributed by atoms with Gasteiger partial charge in [-0.3, -0.25) is 4.79 Å². The number of carbonyl (C=O) groups excluding carboxylic acids is 1. The van der Waals surface area contributed by atoms with Gasteiger partial charge in [-0.1, -0.05) is 18.2 Å². The quantitative estimate of drug-likeness (QED) is 0.922. The van der Waals surface area contributed by atoms with Gasteiger partial charge in [0.2, 0.25) is 0 Å². The zero-order valence-corrected chi connectivity index (χ0v) is 14.1. The normalized spacial score (nSPS) is 15.9. The second kappa shape index (κ2) is 6.71. The molecule has 1 aromatic heterocycles. The van der Waals surface area contributed by atoms with E-state index in [1.54, 1.807) is 0 Å². The monoisotopic (exact) mass is 322 g/mol. The summed E-state index contributed by atoms with van der Waals surface area (Å²) in [5.74, 6) is 0.528. The van der Waals surface area contributed by atoms with Crippen molar-refractivity contribution in [1.82, 2.24) is 10.2 Å². The fourth-order valence-corrected chi connectivity index (χ4v) is 3.10. The number of hydrogen-bond acceptors (Lipinski definition) is 3. The van der Waals surface area contributed by atoms with Crippen molar-refractivity contribution in [3.63, 3.8) is 0 Å². The molecule has 0 unspecified atom stereocenters. The number of nitrogens with one attached hydrogen (secondary N) is 1. The van der Waals surface area contributed by atoms with Gasteiger partial charge in [0.05, 0.1) is 0 Å². The lowest BCUT2D eigenvalue weighted by Crippen LogP contribution is -2.44. The number of likely N-dealkylation sites (tertiary alicyclic amines) is 1. The third-order valence-corrected chi connectivity index (χ3v) is 4.55. The molecule has 0 bridgehead atoms. The van der Waals surface area contributed by atoms with Crippen LogP contribution in [0.15, 0.2) is 22.6 Å². The van der Waals surface area contributed by atoms with E-state index in [1.165, 1.54) is 0 Å². The van der Waals surface area contributed by atoms with Crippen LogP contribution in [-0.4, -0.2) is 37.0 Å². The van der Waals surface area contributed by atoms with Gasteiger partial charge in [-0.05, 0) is 39.3 Å². The highest BCUT2D eigenvalue weighted by Gasteiger charge is 2.27. The van der Waals surface area contributed by atoms with E-state index < -0.39 is 0 Å². The fourth-order valence-electron chi connectivity index (χ4n) is 3.10. The van der Waals surface area contributed by atoms with Crippen LogP contribution in [0.4, 0.5) is 0 Å². The van der Waals surface area contributed by atoms with Gasteiger partial charge in [0.25, 0.3) is 5.91 Å². The third kappa shape index (κ3) is 2.85. The van der Waals surface area contributed by atoms with E-state index in [2.05, 4.69) is 5.32 Å². The van der Waals surface area contributed by atoms with Crippen LogP contribution >= 0.6 is 12.4 Å². The van der Waals surface area contributed by atoms with E-state index in [1.807, 2.05) is 44.0 Å². The molecule has 1 aliphatic rings. The number of hydrogen-bond donors (Lipinski definition) is 1. The molecule has 0 aliphatic carbocycles. The van der Waals surface area contributed by atoms with Gasteiger partial charge in [-0.25, -0.2) is 0 Å². The lowest BCUT2D eigenvalue weighted by molar-refractivity contribution is 0.0676. The van der Waals surface area contributed by atoms with Crippen molar-refractivity contribution in [1.29, 1.82) is 0 Å². The Balaban J connectivity index is 0.00000176. The summed E-state index contributed by atoms with van der Waals surface area (Å²) in [6.07, 6.45) is 2.00. The highest BCUT2D eigenvalue weighted by molar-refractivity contribution is 5.99. The van der Waals surface area contributed by atoms with E-state index in [4.69, 9.17) is 4.42 Å². The average Bonchev–Trinajstić information content (AvgIpc) is 2.85. The van der Waals surface area contributed by atoms with Crippen LogP contribution < -0.4 is 5.32 Å². The van der Waals surface area contributed by atoms with Crippen LogP contribution in [0.3, 0.4) is 0 Å². The molecule has 5 heteroatoms. The van der Waals surface area contributed by atoms with Gasteiger partial charge in [0, 0.05) is 30.1 Å². The molecule has 4 nitrogen and oxygen atoms in total. The smallest absolute Gasteiger partial charge is 0.289 e. The van der Waals surface area contributed by atoms with Crippen LogP contribution in [0.25, 0.3) is 11.0 Å². The highest BCUT2D eigenvalue weighted by Crippen LogP contribution is 2.29. The van der Waals surface area contributed by atoms with Gasteiger partial charge < -0.3 is 14.6 Å². The molecular formula is C17H23ClN2O2. The number of rotatable bonds is 2. The molecule has 0 radical (unpaired) electrons. The Morgan fingerprint density at radius 2 is 1.95 bits per heavy atom. The minimum atomic E-state index is 0. The molecule has 22 heavy (non-hydrogen) atoms. The van der Waals surface area contributed by atoms with E-state index in [9.17, 15) is 4.79 Å². The number of piperidine rings is 1. The van der Waals surface area contributed by atoms with Crippen molar-refractivity contribution in [2.24, 2.45) is 0 Å². The summed E-state index contributed by atoms with van der Waals surface area (Å²) in [4.78, 5) is 14.6. The molecule has 2 heterocycles. The Morgan fingerprint density at radius 3 is 2.55 bits per heavy atom. The molecule has 1 fully saturated rings. The minimum absolute atomic E-state index is 0. The second-order valence-corrected chi connectivity index (χ2v) is 5.86. The summed E-state index contributed by atoms with van der Waals surface area (Å²) >= 11 is 0. The summed E-state index contributed by atoms with van der Waals surface area (Å²) in [6.45, 7) is 5.57. The van der Waals surface area contributed by atoms with E-state index in [0.717, 1.165) is 48.0 Å². The standard InChI is InChI=1S/C17H22N2O2.ClH/c1-11-5-4-6-14-12(2)16(21-15(11)14)17(20)19-9-7-13(18-3)8-10-19;/h4-6,13,18H,7-10H2,1-3H3;1H. The average molecular weight is 323 g/mol. The minimum Gasteiger partial charge on any atom is -0.450 e. The lowest BCUT2D eigenvalue weighted by atomic mass is 10.0. The van der Waals surface area contributed by atoms with Crippen LogP contribution in [0.5, 0.6) is 0 Å². The second-order valence-electron chi connectivity index (χ2n) is 5.86. The molecule has 1 amide bonds. The summed E-state index contributed by atoms with van der Waals surface area (Å²) in [5, 5.41) is 4.33. The van der Waals surface area contributed by atoms with E-state index in [-0.39, 0.29) is 18.3 Å². The zero-order valence-electron chi connectivity index (χ0n) is 13.3. The number of carbonyl (C=O) groups is 1. The number of furan rings is 1. The van der Waals surface area contributed by atoms with Crippen LogP contribution in [0, 0.1) is 13.8 Å². The topological polar surface area (TPSA) is 45.5 Å². The number of aryl methyl sites for hydroxylation is 2. The van der Waals surface area contributed by atoms with Crippen molar-refractivity contribution >= 4 is 29.3 Å². The molecule has 2 aromatic rings. The van der Waals surface area contributed by atoms with Crippen molar-refractivity contribution in [3.05, 3.63) is 35.1 Å². The Labute approximate surface area is 137 Å². The number of benzene rings is 1. The Bertz CT molecular complexity index is 673. The summed E-state index contributed by atoms with van der Waals surface area (Å²) in [5.41, 5.74) is 2.86. The van der Waals surface area contributed by atoms with Crippen molar-refractivity contribution in [3.8, 4) is 0 Å². The van der Waals surface area contributed by atoms with E-state index >= 15 is 0 Å². The first-order valence-electron chi connectivity index (χ1n) is 7.57. The van der Waals surface area contributed by atoms with Crippen molar-refractivity contribution in [2.45, 2.75) is 32.7 Å². The van der Waals surface area contributed by atoms with Gasteiger partial charge in [0.15, 0.2) is 5.76 Å². The van der Waals surface area contributed by atoms with E-state index in [0.29, 0.717) is 11.8 Å². The van der Waals surface area contributed by atoms with Crippen LogP contribution in [-0.2, 0) is 0 Å². The Morgan fingerprint density at radius 1 is 1.27 bits per heavy atom. The van der Waals surface area contributed by atoms with Crippen molar-refractivity contribution < 1.29 is 9.21 Å². The predicted molar refractivity (Wildman–Crippen MR) is 90.9 cm³/mol. The molecule has 1 N–H and O–H groups in total. The number of amides is 1. The maximum atomic E-state index is 12.7. The first-order valence-corrected chi connectivity index (χ1v) is 7.57. The van der Waals surface area contributed by atoms with Gasteiger partial charge in [-0.15, -0.1) is 12.4 Å². The molecule has 1 saturated heterocycles. The highest BCUT2D eigenvalue weighted by atomic mass is 35.5. The Hall–Kier alpha value is -1.52. The first kappa shape index (κ1) is 16.8. The van der Waals surface area contributed by atoms with Crippen LogP contribution in [0.2, 0.25) is 0 Å². The number of para-hydroxylation sites is 1. The number of nitrogens with zero attached hydrogens (tertiary/aromatic N) is 1. The maximum absolute atomic E-state index is 12.7. The molecule has 0 spiro atoms. The maximum Gasteiger partial charge on any atom is 0.289 e. The molecule has 3 rings (SSSR count). The fraction of sp³-hybridized carbons (Fsp3) is 0.471. The first-order chi connectivity index (χ1) is 10.1.